The van der Waals surface area contributed by atoms with Gasteiger partial charge in [0.2, 0.25) is 0 Å². The van der Waals surface area contributed by atoms with Gasteiger partial charge in [0.25, 0.3) is 0 Å². The van der Waals surface area contributed by atoms with Gasteiger partial charge in [0.05, 0.1) is 18.3 Å². The molecule has 0 spiro atoms. The van der Waals surface area contributed by atoms with E-state index >= 15 is 0 Å². The fourth-order valence-electron chi connectivity index (χ4n) is 1.35. The fraction of sp³-hybridized carbons (Fsp3) is 1.00. The third-order valence-corrected chi connectivity index (χ3v) is 4.33. The molecule has 1 atom stereocenters. The van der Waals surface area contributed by atoms with E-state index in [2.05, 4.69) is 43.4 Å². The predicted octanol–water partition coefficient (Wildman–Crippen LogP) is 3.03. The summed E-state index contributed by atoms with van der Waals surface area (Å²) in [6.45, 7) is 7.88. The predicted molar refractivity (Wildman–Crippen MR) is 67.1 cm³/mol. The molecule has 84 valence electrons. The molecule has 0 amide bonds. The van der Waals surface area contributed by atoms with Gasteiger partial charge >= 0.3 is 0 Å². The highest BCUT2D eigenvalue weighted by Gasteiger charge is 2.33. The Balaban J connectivity index is 2.25. The second kappa shape index (κ2) is 5.66. The highest BCUT2D eigenvalue weighted by molar-refractivity contribution is 14.1. The minimum absolute atomic E-state index is 0.00913. The zero-order valence-corrected chi connectivity index (χ0v) is 11.5. The van der Waals surface area contributed by atoms with Crippen molar-refractivity contribution in [3.8, 4) is 0 Å². The highest BCUT2D eigenvalue weighted by Crippen LogP contribution is 2.35. The molecule has 1 saturated carbocycles. The molecule has 1 rings (SSSR count). The van der Waals surface area contributed by atoms with Crippen molar-refractivity contribution in [2.45, 2.75) is 45.3 Å². The quantitative estimate of drug-likeness (QED) is 0.531. The van der Waals surface area contributed by atoms with Crippen LogP contribution in [0.2, 0.25) is 0 Å². The van der Waals surface area contributed by atoms with Crippen LogP contribution in [0, 0.1) is 5.92 Å². The summed E-state index contributed by atoms with van der Waals surface area (Å²) in [7, 11) is 0. The van der Waals surface area contributed by atoms with Crippen molar-refractivity contribution in [2.24, 2.45) is 5.92 Å². The molecule has 0 aromatic heterocycles. The van der Waals surface area contributed by atoms with Crippen LogP contribution in [0.1, 0.15) is 33.6 Å². The van der Waals surface area contributed by atoms with Gasteiger partial charge in [-0.05, 0) is 39.5 Å². The summed E-state index contributed by atoms with van der Waals surface area (Å²) >= 11 is 2.37. The van der Waals surface area contributed by atoms with Crippen LogP contribution in [0.15, 0.2) is 0 Å². The van der Waals surface area contributed by atoms with Crippen molar-refractivity contribution >= 4 is 22.6 Å². The lowest BCUT2D eigenvalue weighted by Gasteiger charge is -2.26. The Bertz CT molecular complexity index is 167. The van der Waals surface area contributed by atoms with Crippen molar-refractivity contribution in [1.82, 2.24) is 0 Å². The Morgan fingerprint density at radius 1 is 1.43 bits per heavy atom. The molecule has 1 aliphatic carbocycles. The van der Waals surface area contributed by atoms with Gasteiger partial charge < -0.3 is 9.47 Å². The lowest BCUT2D eigenvalue weighted by atomic mass is 10.2. The van der Waals surface area contributed by atoms with E-state index in [1.807, 2.05) is 0 Å². The number of alkyl halides is 1. The van der Waals surface area contributed by atoms with Crippen LogP contribution < -0.4 is 0 Å². The van der Waals surface area contributed by atoms with Crippen molar-refractivity contribution in [3.05, 3.63) is 0 Å². The average Bonchev–Trinajstić information content (AvgIpc) is 2.95. The first-order chi connectivity index (χ1) is 6.59. The van der Waals surface area contributed by atoms with Crippen LogP contribution in [0.4, 0.5) is 0 Å². The van der Waals surface area contributed by atoms with Crippen LogP contribution in [-0.2, 0) is 9.47 Å². The Morgan fingerprint density at radius 3 is 2.50 bits per heavy atom. The number of rotatable bonds is 7. The normalized spacial score (nSPS) is 19.7. The third-order valence-electron chi connectivity index (χ3n) is 2.49. The lowest BCUT2D eigenvalue weighted by Crippen LogP contribution is -2.32. The summed E-state index contributed by atoms with van der Waals surface area (Å²) in [6, 6.07) is 0. The minimum Gasteiger partial charge on any atom is -0.376 e. The first-order valence-corrected chi connectivity index (χ1v) is 6.93. The average molecular weight is 312 g/mol. The molecule has 0 radical (unpaired) electrons. The van der Waals surface area contributed by atoms with E-state index < -0.39 is 0 Å². The fourth-order valence-corrected chi connectivity index (χ4v) is 1.57. The molecule has 1 fully saturated rings. The van der Waals surface area contributed by atoms with E-state index in [-0.39, 0.29) is 5.60 Å². The summed E-state index contributed by atoms with van der Waals surface area (Å²) in [5.41, 5.74) is -0.00913. The second-order valence-corrected chi connectivity index (χ2v) is 5.30. The largest absolute Gasteiger partial charge is 0.376 e. The van der Waals surface area contributed by atoms with Crippen LogP contribution in [0.5, 0.6) is 0 Å². The van der Waals surface area contributed by atoms with Gasteiger partial charge in [-0.25, -0.2) is 0 Å². The molecule has 0 aliphatic heterocycles. The van der Waals surface area contributed by atoms with E-state index in [4.69, 9.17) is 9.47 Å². The number of ether oxygens (including phenoxy) is 2. The van der Waals surface area contributed by atoms with Crippen molar-refractivity contribution in [3.63, 3.8) is 0 Å². The van der Waals surface area contributed by atoms with Gasteiger partial charge in [0.15, 0.2) is 0 Å². The summed E-state index contributed by atoms with van der Waals surface area (Å²) < 4.78 is 12.6. The number of hydrogen-bond acceptors (Lipinski definition) is 2. The molecule has 0 aromatic rings. The van der Waals surface area contributed by atoms with Crippen molar-refractivity contribution in [1.29, 1.82) is 0 Å². The van der Waals surface area contributed by atoms with Crippen molar-refractivity contribution < 1.29 is 9.47 Å². The molecule has 1 unspecified atom stereocenters. The van der Waals surface area contributed by atoms with E-state index in [0.717, 1.165) is 23.6 Å². The number of halogens is 1. The monoisotopic (exact) mass is 312 g/mol. The Kier molecular flexibility index (Phi) is 5.14. The van der Waals surface area contributed by atoms with E-state index in [9.17, 15) is 0 Å². The molecular weight excluding hydrogens is 291 g/mol. The molecule has 0 aromatic carbocycles. The molecule has 3 heteroatoms. The third kappa shape index (κ3) is 4.45. The van der Waals surface area contributed by atoms with Crippen LogP contribution in [0.25, 0.3) is 0 Å². The first kappa shape index (κ1) is 12.7. The van der Waals surface area contributed by atoms with Gasteiger partial charge in [0, 0.05) is 11.0 Å². The Labute approximate surface area is 101 Å². The molecule has 14 heavy (non-hydrogen) atoms. The van der Waals surface area contributed by atoms with Gasteiger partial charge in [-0.3, -0.25) is 0 Å². The van der Waals surface area contributed by atoms with E-state index in [1.165, 1.54) is 12.8 Å². The maximum Gasteiger partial charge on any atom is 0.0836 e. The molecule has 1 aliphatic rings. The van der Waals surface area contributed by atoms with E-state index in [1.54, 1.807) is 0 Å². The Hall–Kier alpha value is 0.650. The zero-order chi connectivity index (χ0) is 10.6. The van der Waals surface area contributed by atoms with Gasteiger partial charge in [0.1, 0.15) is 0 Å². The van der Waals surface area contributed by atoms with Crippen LogP contribution in [0.3, 0.4) is 0 Å². The lowest BCUT2D eigenvalue weighted by molar-refractivity contribution is -0.0739. The van der Waals surface area contributed by atoms with Crippen molar-refractivity contribution in [2.75, 3.05) is 17.6 Å². The van der Waals surface area contributed by atoms with Gasteiger partial charge in [-0.1, -0.05) is 22.6 Å². The summed E-state index contributed by atoms with van der Waals surface area (Å²) in [5.74, 6) is 0.764. The Morgan fingerprint density at radius 2 is 2.07 bits per heavy atom. The summed E-state index contributed by atoms with van der Waals surface area (Å²) in [6.07, 6.45) is 2.97. The molecule has 0 bridgehead atoms. The molecule has 0 heterocycles. The minimum atomic E-state index is -0.00913. The smallest absolute Gasteiger partial charge is 0.0836 e. The summed E-state index contributed by atoms with van der Waals surface area (Å²) in [5, 5.41) is 0. The number of hydrogen-bond donors (Lipinski definition) is 0. The topological polar surface area (TPSA) is 18.5 Å². The van der Waals surface area contributed by atoms with Crippen LogP contribution >= 0.6 is 22.6 Å². The van der Waals surface area contributed by atoms with E-state index in [0.29, 0.717) is 6.10 Å². The van der Waals surface area contributed by atoms with Crippen LogP contribution in [-0.4, -0.2) is 29.3 Å². The highest BCUT2D eigenvalue weighted by atomic mass is 127. The maximum absolute atomic E-state index is 5.86. The summed E-state index contributed by atoms with van der Waals surface area (Å²) in [4.78, 5) is 0. The maximum atomic E-state index is 5.86. The molecule has 0 saturated heterocycles. The molecule has 0 N–H and O–H groups in total. The molecule has 2 nitrogen and oxygen atoms in total. The standard InChI is InChI=1S/C11H21IO2/c1-4-13-10(9-5-6-9)7-14-11(2,3)8-12/h9-10H,4-8H2,1-3H3. The molecular formula is C11H21IO2. The first-order valence-electron chi connectivity index (χ1n) is 5.40. The zero-order valence-electron chi connectivity index (χ0n) is 9.38. The van der Waals surface area contributed by atoms with Gasteiger partial charge in [-0.15, -0.1) is 0 Å². The second-order valence-electron chi connectivity index (χ2n) is 4.54. The SMILES string of the molecule is CCOC(COC(C)(C)CI)C1CC1. The van der Waals surface area contributed by atoms with Gasteiger partial charge in [-0.2, -0.15) is 0 Å².